The minimum absolute atomic E-state index is 0.416. The summed E-state index contributed by atoms with van der Waals surface area (Å²) in [5, 5.41) is 18.6. The van der Waals surface area contributed by atoms with E-state index in [1.807, 2.05) is 25.1 Å². The van der Waals surface area contributed by atoms with Gasteiger partial charge in [0.15, 0.2) is 0 Å². The highest BCUT2D eigenvalue weighted by Gasteiger charge is 2.27. The number of rotatable bonds is 2. The van der Waals surface area contributed by atoms with E-state index in [9.17, 15) is 5.02 Å². The fraction of sp³-hybridized carbons (Fsp3) is 0.133. The predicted molar refractivity (Wildman–Crippen MR) is 74.8 cm³/mol. The van der Waals surface area contributed by atoms with Gasteiger partial charge in [-0.2, -0.15) is 5.26 Å². The lowest BCUT2D eigenvalue weighted by atomic mass is 9.79. The second-order valence-corrected chi connectivity index (χ2v) is 4.72. The van der Waals surface area contributed by atoms with E-state index in [4.69, 9.17) is 14.7 Å². The second-order valence-electron chi connectivity index (χ2n) is 4.72. The fourth-order valence-corrected chi connectivity index (χ4v) is 2.16. The maximum absolute atomic E-state index is 9.69. The molecule has 0 saturated carbocycles. The maximum atomic E-state index is 9.69. The van der Waals surface area contributed by atoms with Crippen LogP contribution in [-0.2, 0) is 11.3 Å². The van der Waals surface area contributed by atoms with Crippen LogP contribution in [0.2, 0.25) is 0 Å². The minimum Gasteiger partial charge on any atom is -0.457 e. The molecule has 1 aliphatic rings. The molecule has 1 heterocycles. The van der Waals surface area contributed by atoms with Gasteiger partial charge in [0.05, 0.1) is 18.2 Å². The molecule has 0 saturated heterocycles. The number of fused-ring (bicyclic) bond motifs is 1. The molecular formula is C15H12BNO3. The third-order valence-electron chi connectivity index (χ3n) is 3.33. The SMILES string of the molecule is Cc1ccc(C#N)cc1Oc1ccc2c(c1)B(O)OC2. The van der Waals surface area contributed by atoms with Gasteiger partial charge in [-0.3, -0.25) is 0 Å². The van der Waals surface area contributed by atoms with Crippen LogP contribution >= 0.6 is 0 Å². The Hall–Kier alpha value is -2.29. The van der Waals surface area contributed by atoms with Crippen LogP contribution < -0.4 is 10.2 Å². The normalized spacial score (nSPS) is 12.9. The van der Waals surface area contributed by atoms with Gasteiger partial charge >= 0.3 is 7.12 Å². The van der Waals surface area contributed by atoms with Crippen molar-refractivity contribution >= 4 is 12.6 Å². The van der Waals surface area contributed by atoms with Gasteiger partial charge in [0.2, 0.25) is 0 Å². The highest BCUT2D eigenvalue weighted by Crippen LogP contribution is 2.26. The Kier molecular flexibility index (Phi) is 3.19. The van der Waals surface area contributed by atoms with Crippen molar-refractivity contribution in [2.75, 3.05) is 0 Å². The lowest BCUT2D eigenvalue weighted by Gasteiger charge is -2.10. The predicted octanol–water partition coefficient (Wildman–Crippen LogP) is 1.88. The van der Waals surface area contributed by atoms with Crippen molar-refractivity contribution in [2.24, 2.45) is 0 Å². The van der Waals surface area contributed by atoms with Crippen molar-refractivity contribution in [1.29, 1.82) is 5.26 Å². The van der Waals surface area contributed by atoms with Crippen LogP contribution in [0, 0.1) is 18.3 Å². The average Bonchev–Trinajstić information content (AvgIpc) is 2.83. The summed E-state index contributed by atoms with van der Waals surface area (Å²) in [6.07, 6.45) is 0. The largest absolute Gasteiger partial charge is 0.491 e. The standard InChI is InChI=1S/C15H12BNO3/c1-10-2-3-11(8-17)6-15(10)20-13-5-4-12-9-19-16(18)14(12)7-13/h2-7,18H,9H2,1H3. The summed E-state index contributed by atoms with van der Waals surface area (Å²) in [6.45, 7) is 2.33. The molecule has 0 radical (unpaired) electrons. The molecule has 0 unspecified atom stereocenters. The Morgan fingerprint density at radius 1 is 1.30 bits per heavy atom. The molecule has 5 heteroatoms. The van der Waals surface area contributed by atoms with E-state index in [0.29, 0.717) is 23.7 Å². The van der Waals surface area contributed by atoms with Crippen LogP contribution in [0.25, 0.3) is 0 Å². The molecule has 2 aromatic rings. The zero-order valence-electron chi connectivity index (χ0n) is 11.0. The van der Waals surface area contributed by atoms with Gasteiger partial charge in [0.1, 0.15) is 11.5 Å². The van der Waals surface area contributed by atoms with E-state index >= 15 is 0 Å². The zero-order valence-corrected chi connectivity index (χ0v) is 11.0. The van der Waals surface area contributed by atoms with Crippen molar-refractivity contribution in [3.8, 4) is 17.6 Å². The number of nitriles is 1. The Balaban J connectivity index is 1.92. The summed E-state index contributed by atoms with van der Waals surface area (Å²) in [5.41, 5.74) is 3.19. The molecule has 0 spiro atoms. The molecule has 0 amide bonds. The first kappa shape index (κ1) is 12.7. The van der Waals surface area contributed by atoms with Crippen molar-refractivity contribution in [3.63, 3.8) is 0 Å². The summed E-state index contributed by atoms with van der Waals surface area (Å²) in [7, 11) is -0.889. The van der Waals surface area contributed by atoms with Gasteiger partial charge < -0.3 is 14.4 Å². The monoisotopic (exact) mass is 265 g/mol. The molecule has 1 aliphatic heterocycles. The van der Waals surface area contributed by atoms with Crippen molar-refractivity contribution in [1.82, 2.24) is 0 Å². The third kappa shape index (κ3) is 2.27. The number of nitrogens with zero attached hydrogens (tertiary/aromatic N) is 1. The molecule has 0 bridgehead atoms. The quantitative estimate of drug-likeness (QED) is 0.842. The van der Waals surface area contributed by atoms with E-state index in [1.165, 1.54) is 0 Å². The molecule has 0 aliphatic carbocycles. The lowest BCUT2D eigenvalue weighted by molar-refractivity contribution is 0.275. The molecular weight excluding hydrogens is 253 g/mol. The number of benzene rings is 2. The Morgan fingerprint density at radius 3 is 2.95 bits per heavy atom. The van der Waals surface area contributed by atoms with E-state index < -0.39 is 7.12 Å². The highest BCUT2D eigenvalue weighted by molar-refractivity contribution is 6.61. The van der Waals surface area contributed by atoms with Gasteiger partial charge in [-0.15, -0.1) is 0 Å². The highest BCUT2D eigenvalue weighted by atomic mass is 16.5. The summed E-state index contributed by atoms with van der Waals surface area (Å²) < 4.78 is 11.0. The molecule has 4 nitrogen and oxygen atoms in total. The first-order chi connectivity index (χ1) is 9.67. The van der Waals surface area contributed by atoms with E-state index in [1.54, 1.807) is 18.2 Å². The van der Waals surface area contributed by atoms with E-state index in [-0.39, 0.29) is 0 Å². The van der Waals surface area contributed by atoms with E-state index in [0.717, 1.165) is 16.6 Å². The third-order valence-corrected chi connectivity index (χ3v) is 3.33. The number of aryl methyl sites for hydroxylation is 1. The molecule has 0 aromatic heterocycles. The smallest absolute Gasteiger partial charge is 0.457 e. The van der Waals surface area contributed by atoms with Crippen molar-refractivity contribution in [2.45, 2.75) is 13.5 Å². The Bertz CT molecular complexity index is 709. The van der Waals surface area contributed by atoms with Crippen LogP contribution in [0.5, 0.6) is 11.5 Å². The summed E-state index contributed by atoms with van der Waals surface area (Å²) in [4.78, 5) is 0. The van der Waals surface area contributed by atoms with Gasteiger partial charge in [-0.25, -0.2) is 0 Å². The minimum atomic E-state index is -0.889. The van der Waals surface area contributed by atoms with Crippen LogP contribution in [0.3, 0.4) is 0 Å². The molecule has 0 fully saturated rings. The zero-order chi connectivity index (χ0) is 14.1. The number of hydrogen-bond donors (Lipinski definition) is 1. The summed E-state index contributed by atoms with van der Waals surface area (Å²) in [5.74, 6) is 1.25. The molecule has 98 valence electrons. The molecule has 2 aromatic carbocycles. The lowest BCUT2D eigenvalue weighted by Crippen LogP contribution is -2.27. The summed E-state index contributed by atoms with van der Waals surface area (Å²) in [6, 6.07) is 12.9. The van der Waals surface area contributed by atoms with Gasteiger partial charge in [0, 0.05) is 0 Å². The first-order valence-corrected chi connectivity index (χ1v) is 6.28. The molecule has 3 rings (SSSR count). The molecule has 20 heavy (non-hydrogen) atoms. The van der Waals surface area contributed by atoms with Crippen LogP contribution in [0.4, 0.5) is 0 Å². The molecule has 1 N–H and O–H groups in total. The van der Waals surface area contributed by atoms with Gasteiger partial charge in [-0.1, -0.05) is 12.1 Å². The van der Waals surface area contributed by atoms with E-state index in [2.05, 4.69) is 6.07 Å². The Morgan fingerprint density at radius 2 is 2.15 bits per heavy atom. The number of ether oxygens (including phenoxy) is 1. The van der Waals surface area contributed by atoms with Crippen LogP contribution in [0.15, 0.2) is 36.4 Å². The van der Waals surface area contributed by atoms with Crippen LogP contribution in [-0.4, -0.2) is 12.1 Å². The van der Waals surface area contributed by atoms with Gasteiger partial charge in [0.25, 0.3) is 0 Å². The van der Waals surface area contributed by atoms with Crippen molar-refractivity contribution in [3.05, 3.63) is 53.1 Å². The van der Waals surface area contributed by atoms with Gasteiger partial charge in [-0.05, 0) is 47.8 Å². The van der Waals surface area contributed by atoms with Crippen molar-refractivity contribution < 1.29 is 14.4 Å². The maximum Gasteiger partial charge on any atom is 0.491 e. The number of hydrogen-bond acceptors (Lipinski definition) is 4. The molecule has 0 atom stereocenters. The topological polar surface area (TPSA) is 62.5 Å². The first-order valence-electron chi connectivity index (χ1n) is 6.28. The fourth-order valence-electron chi connectivity index (χ4n) is 2.16. The average molecular weight is 265 g/mol. The Labute approximate surface area is 117 Å². The summed E-state index contributed by atoms with van der Waals surface area (Å²) >= 11 is 0. The van der Waals surface area contributed by atoms with Crippen LogP contribution in [0.1, 0.15) is 16.7 Å². The second kappa shape index (κ2) is 5.01.